The van der Waals surface area contributed by atoms with Crippen LogP contribution in [0, 0.1) is 17.8 Å². The van der Waals surface area contributed by atoms with Crippen molar-refractivity contribution in [2.24, 2.45) is 23.5 Å². The van der Waals surface area contributed by atoms with Crippen LogP contribution in [0.2, 0.25) is 0 Å². The molecule has 5 nitrogen and oxygen atoms in total. The van der Waals surface area contributed by atoms with E-state index < -0.39 is 5.97 Å². The van der Waals surface area contributed by atoms with E-state index in [-0.39, 0.29) is 23.7 Å². The van der Waals surface area contributed by atoms with Crippen LogP contribution in [0.3, 0.4) is 0 Å². The molecule has 15 heavy (non-hydrogen) atoms. The Hall–Kier alpha value is -1.10. The topological polar surface area (TPSA) is 83.6 Å². The Labute approximate surface area is 89.2 Å². The normalized spacial score (nSPS) is 18.8. The number of nitrogens with zero attached hydrogens (tertiary/aromatic N) is 1. The molecule has 1 aliphatic heterocycles. The number of hydrogen-bond acceptors (Lipinski definition) is 3. The van der Waals surface area contributed by atoms with E-state index in [1.54, 1.807) is 4.90 Å². The lowest BCUT2D eigenvalue weighted by Gasteiger charge is -2.39. The molecule has 0 saturated carbocycles. The smallest absolute Gasteiger partial charge is 0.310 e. The molecule has 1 atom stereocenters. The van der Waals surface area contributed by atoms with Gasteiger partial charge in [0.25, 0.3) is 0 Å². The molecule has 0 bridgehead atoms. The van der Waals surface area contributed by atoms with Crippen LogP contribution >= 0.6 is 0 Å². The molecule has 0 aliphatic carbocycles. The van der Waals surface area contributed by atoms with E-state index in [1.807, 2.05) is 13.8 Å². The number of hydrogen-bond donors (Lipinski definition) is 2. The van der Waals surface area contributed by atoms with Crippen molar-refractivity contribution in [3.8, 4) is 0 Å². The van der Waals surface area contributed by atoms with Gasteiger partial charge in [-0.15, -0.1) is 0 Å². The summed E-state index contributed by atoms with van der Waals surface area (Å²) in [6.07, 6.45) is 0. The van der Waals surface area contributed by atoms with Gasteiger partial charge in [-0.25, -0.2) is 0 Å². The number of nitrogens with two attached hydrogens (primary N) is 1. The number of likely N-dealkylation sites (tertiary alicyclic amines) is 1. The second-order valence-electron chi connectivity index (χ2n) is 4.36. The van der Waals surface area contributed by atoms with Gasteiger partial charge in [0.1, 0.15) is 0 Å². The largest absolute Gasteiger partial charge is 0.481 e. The molecule has 0 aromatic rings. The highest BCUT2D eigenvalue weighted by molar-refractivity contribution is 5.83. The van der Waals surface area contributed by atoms with Crippen LogP contribution in [0.15, 0.2) is 0 Å². The highest BCUT2D eigenvalue weighted by atomic mass is 16.4. The summed E-state index contributed by atoms with van der Waals surface area (Å²) in [5, 5.41) is 8.68. The van der Waals surface area contributed by atoms with E-state index in [9.17, 15) is 9.59 Å². The maximum atomic E-state index is 11.8. The maximum absolute atomic E-state index is 11.8. The van der Waals surface area contributed by atoms with Crippen molar-refractivity contribution in [1.29, 1.82) is 0 Å². The Morgan fingerprint density at radius 1 is 1.47 bits per heavy atom. The third-order valence-corrected chi connectivity index (χ3v) is 2.92. The zero-order valence-corrected chi connectivity index (χ0v) is 9.14. The summed E-state index contributed by atoms with van der Waals surface area (Å²) in [6.45, 7) is 4.88. The standard InChI is InChI=1S/C10H18N2O3/c1-6(2)8(3-11)9(13)12-4-7(5-12)10(14)15/h6-8H,3-5,11H2,1-2H3,(H,14,15). The second-order valence-corrected chi connectivity index (χ2v) is 4.36. The SMILES string of the molecule is CC(C)C(CN)C(=O)N1CC(C(=O)O)C1. The van der Waals surface area contributed by atoms with Gasteiger partial charge in [0, 0.05) is 19.6 Å². The van der Waals surface area contributed by atoms with Crippen molar-refractivity contribution < 1.29 is 14.7 Å². The molecular formula is C10H18N2O3. The molecule has 3 N–H and O–H groups in total. The average Bonchev–Trinajstić information content (AvgIpc) is 2.00. The third-order valence-electron chi connectivity index (χ3n) is 2.92. The third kappa shape index (κ3) is 2.47. The fourth-order valence-corrected chi connectivity index (χ4v) is 1.71. The Kier molecular flexibility index (Phi) is 3.68. The molecule has 1 heterocycles. The summed E-state index contributed by atoms with van der Waals surface area (Å²) in [5.41, 5.74) is 5.52. The van der Waals surface area contributed by atoms with E-state index >= 15 is 0 Å². The quantitative estimate of drug-likeness (QED) is 0.676. The van der Waals surface area contributed by atoms with Gasteiger partial charge in [-0.2, -0.15) is 0 Å². The first-order chi connectivity index (χ1) is 6.97. The Balaban J connectivity index is 2.46. The van der Waals surface area contributed by atoms with E-state index in [4.69, 9.17) is 10.8 Å². The van der Waals surface area contributed by atoms with Gasteiger partial charge in [0.05, 0.1) is 11.8 Å². The molecule has 1 unspecified atom stereocenters. The molecule has 0 radical (unpaired) electrons. The Bertz CT molecular complexity index is 259. The first-order valence-corrected chi connectivity index (χ1v) is 5.19. The van der Waals surface area contributed by atoms with E-state index in [2.05, 4.69) is 0 Å². The van der Waals surface area contributed by atoms with Gasteiger partial charge >= 0.3 is 5.97 Å². The van der Waals surface area contributed by atoms with Gasteiger partial charge < -0.3 is 15.7 Å². The fraction of sp³-hybridized carbons (Fsp3) is 0.800. The van der Waals surface area contributed by atoms with Crippen LogP contribution in [-0.2, 0) is 9.59 Å². The monoisotopic (exact) mass is 214 g/mol. The lowest BCUT2D eigenvalue weighted by atomic mass is 9.91. The van der Waals surface area contributed by atoms with Gasteiger partial charge in [-0.3, -0.25) is 9.59 Å². The second kappa shape index (κ2) is 4.61. The summed E-state index contributed by atoms with van der Waals surface area (Å²) in [6, 6.07) is 0. The molecule has 1 saturated heterocycles. The molecule has 1 fully saturated rings. The molecule has 1 aliphatic rings. The highest BCUT2D eigenvalue weighted by Crippen LogP contribution is 2.21. The summed E-state index contributed by atoms with van der Waals surface area (Å²) in [7, 11) is 0. The maximum Gasteiger partial charge on any atom is 0.310 e. The number of rotatable bonds is 4. The van der Waals surface area contributed by atoms with Gasteiger partial charge in [-0.05, 0) is 5.92 Å². The van der Waals surface area contributed by atoms with Crippen molar-refractivity contribution >= 4 is 11.9 Å². The number of amides is 1. The van der Waals surface area contributed by atoms with Gasteiger partial charge in [0.15, 0.2) is 0 Å². The van der Waals surface area contributed by atoms with Crippen LogP contribution in [0.5, 0.6) is 0 Å². The van der Waals surface area contributed by atoms with Crippen molar-refractivity contribution in [2.75, 3.05) is 19.6 Å². The predicted molar refractivity (Wildman–Crippen MR) is 55.1 cm³/mol. The molecule has 86 valence electrons. The summed E-state index contributed by atoms with van der Waals surface area (Å²) >= 11 is 0. The van der Waals surface area contributed by atoms with E-state index in [1.165, 1.54) is 0 Å². The van der Waals surface area contributed by atoms with Crippen molar-refractivity contribution in [3.05, 3.63) is 0 Å². The molecule has 1 amide bonds. The lowest BCUT2D eigenvalue weighted by Crippen LogP contribution is -2.56. The number of aliphatic carboxylic acids is 1. The first kappa shape index (κ1) is 12.0. The Morgan fingerprint density at radius 2 is 2.00 bits per heavy atom. The van der Waals surface area contributed by atoms with E-state index in [0.29, 0.717) is 19.6 Å². The molecule has 5 heteroatoms. The zero-order valence-electron chi connectivity index (χ0n) is 9.14. The molecule has 0 aromatic carbocycles. The minimum atomic E-state index is -0.826. The lowest BCUT2D eigenvalue weighted by molar-refractivity contribution is -0.155. The molecule has 1 rings (SSSR count). The minimum Gasteiger partial charge on any atom is -0.481 e. The summed E-state index contributed by atoms with van der Waals surface area (Å²) in [5.74, 6) is -1.21. The summed E-state index contributed by atoms with van der Waals surface area (Å²) in [4.78, 5) is 24.0. The first-order valence-electron chi connectivity index (χ1n) is 5.19. The number of carboxylic acids is 1. The van der Waals surface area contributed by atoms with Crippen molar-refractivity contribution in [1.82, 2.24) is 4.90 Å². The summed E-state index contributed by atoms with van der Waals surface area (Å²) < 4.78 is 0. The Morgan fingerprint density at radius 3 is 2.33 bits per heavy atom. The number of carboxylic acid groups (broad SMARTS) is 1. The predicted octanol–water partition coefficient (Wildman–Crippen LogP) is -0.240. The van der Waals surface area contributed by atoms with Gasteiger partial charge in [-0.1, -0.05) is 13.8 Å². The van der Waals surface area contributed by atoms with Gasteiger partial charge in [0.2, 0.25) is 5.91 Å². The van der Waals surface area contributed by atoms with E-state index in [0.717, 1.165) is 0 Å². The average molecular weight is 214 g/mol. The number of carbonyl (C=O) groups excluding carboxylic acids is 1. The van der Waals surface area contributed by atoms with Crippen LogP contribution in [0.4, 0.5) is 0 Å². The minimum absolute atomic E-state index is 0.00926. The van der Waals surface area contributed by atoms with Crippen LogP contribution in [-0.4, -0.2) is 41.5 Å². The van der Waals surface area contributed by atoms with Crippen molar-refractivity contribution in [3.63, 3.8) is 0 Å². The fourth-order valence-electron chi connectivity index (χ4n) is 1.71. The van der Waals surface area contributed by atoms with Crippen molar-refractivity contribution in [2.45, 2.75) is 13.8 Å². The molecule has 0 aromatic heterocycles. The molecule has 0 spiro atoms. The van der Waals surface area contributed by atoms with Crippen LogP contribution in [0.25, 0.3) is 0 Å². The number of carbonyl (C=O) groups is 2. The zero-order chi connectivity index (χ0) is 11.6. The van der Waals surface area contributed by atoms with Crippen LogP contribution < -0.4 is 5.73 Å². The molecular weight excluding hydrogens is 196 g/mol. The van der Waals surface area contributed by atoms with Crippen LogP contribution in [0.1, 0.15) is 13.8 Å². The highest BCUT2D eigenvalue weighted by Gasteiger charge is 2.38.